The van der Waals surface area contributed by atoms with Gasteiger partial charge in [0, 0.05) is 11.8 Å². The summed E-state index contributed by atoms with van der Waals surface area (Å²) < 4.78 is 12.5. The lowest BCUT2D eigenvalue weighted by Gasteiger charge is -2.09. The summed E-state index contributed by atoms with van der Waals surface area (Å²) in [6.45, 7) is 2.97. The summed E-state index contributed by atoms with van der Waals surface area (Å²) >= 11 is 1.78. The molecular weight excluding hydrogens is 187 g/mol. The Bertz CT molecular complexity index is 250. The molecule has 1 unspecified atom stereocenters. The van der Waals surface area contributed by atoms with Crippen LogP contribution in [-0.2, 0) is 0 Å². The smallest absolute Gasteiger partial charge is 0.141 e. The number of hydrogen-bond acceptors (Lipinski definition) is 3. The summed E-state index contributed by atoms with van der Waals surface area (Å²) in [5, 5.41) is 3.66. The lowest BCUT2D eigenvalue weighted by molar-refractivity contribution is 0.621. The van der Waals surface area contributed by atoms with Crippen molar-refractivity contribution in [1.29, 1.82) is 0 Å². The fourth-order valence-electron chi connectivity index (χ4n) is 0.812. The molecule has 0 aliphatic heterocycles. The topological polar surface area (TPSA) is 24.9 Å². The van der Waals surface area contributed by atoms with Crippen LogP contribution in [-0.4, -0.2) is 23.0 Å². The Balaban J connectivity index is 2.41. The van der Waals surface area contributed by atoms with E-state index < -0.39 is 0 Å². The van der Waals surface area contributed by atoms with Gasteiger partial charge in [-0.2, -0.15) is 11.8 Å². The molecule has 1 N–H and O–H groups in total. The molecule has 0 spiro atoms. The van der Waals surface area contributed by atoms with Crippen molar-refractivity contribution >= 4 is 17.6 Å². The minimum absolute atomic E-state index is 0.302. The van der Waals surface area contributed by atoms with Crippen molar-refractivity contribution in [2.45, 2.75) is 12.2 Å². The minimum Gasteiger partial charge on any atom is -0.369 e. The average molecular weight is 200 g/mol. The Hall–Kier alpha value is -0.770. The van der Waals surface area contributed by atoms with Gasteiger partial charge in [-0.25, -0.2) is 9.37 Å². The number of hydrogen-bond donors (Lipinski definition) is 1. The van der Waals surface area contributed by atoms with Crippen LogP contribution in [0.15, 0.2) is 18.3 Å². The van der Waals surface area contributed by atoms with E-state index in [0.717, 1.165) is 12.4 Å². The molecule has 1 aromatic heterocycles. The van der Waals surface area contributed by atoms with Crippen molar-refractivity contribution in [3.05, 3.63) is 24.1 Å². The number of aromatic nitrogens is 1. The molecule has 0 radical (unpaired) electrons. The summed E-state index contributed by atoms with van der Waals surface area (Å²) in [5.74, 6) is 0.422. The first kappa shape index (κ1) is 10.3. The lowest BCUT2D eigenvalue weighted by Crippen LogP contribution is -2.13. The standard InChI is InChI=1S/C9H13FN2S/c1-7(13-2)5-11-9-4-3-8(10)6-12-9/h3-4,6-7H,5H2,1-2H3,(H,11,12). The summed E-state index contributed by atoms with van der Waals surface area (Å²) in [4.78, 5) is 3.89. The largest absolute Gasteiger partial charge is 0.369 e. The van der Waals surface area contributed by atoms with E-state index in [4.69, 9.17) is 0 Å². The SMILES string of the molecule is CSC(C)CNc1ccc(F)cn1. The molecule has 1 heterocycles. The molecule has 0 saturated carbocycles. The highest BCUT2D eigenvalue weighted by Gasteiger charge is 1.99. The number of pyridine rings is 1. The van der Waals surface area contributed by atoms with Crippen LogP contribution >= 0.6 is 11.8 Å². The third kappa shape index (κ3) is 3.63. The second-order valence-electron chi connectivity index (χ2n) is 2.79. The van der Waals surface area contributed by atoms with Gasteiger partial charge in [-0.1, -0.05) is 6.92 Å². The fourth-order valence-corrected chi connectivity index (χ4v) is 1.06. The number of thioether (sulfide) groups is 1. The monoisotopic (exact) mass is 200 g/mol. The predicted molar refractivity (Wildman–Crippen MR) is 55.7 cm³/mol. The Labute approximate surface area is 81.9 Å². The molecule has 0 fully saturated rings. The van der Waals surface area contributed by atoms with Crippen molar-refractivity contribution in [1.82, 2.24) is 4.98 Å². The van der Waals surface area contributed by atoms with Crippen molar-refractivity contribution in [3.8, 4) is 0 Å². The highest BCUT2D eigenvalue weighted by molar-refractivity contribution is 7.99. The van der Waals surface area contributed by atoms with Crippen molar-refractivity contribution in [2.75, 3.05) is 18.1 Å². The third-order valence-electron chi connectivity index (χ3n) is 1.70. The maximum absolute atomic E-state index is 12.5. The first-order chi connectivity index (χ1) is 6.22. The second kappa shape index (κ2) is 5.07. The molecular formula is C9H13FN2S. The van der Waals surface area contributed by atoms with Crippen molar-refractivity contribution in [2.24, 2.45) is 0 Å². The number of halogens is 1. The van der Waals surface area contributed by atoms with E-state index in [1.54, 1.807) is 17.8 Å². The second-order valence-corrected chi connectivity index (χ2v) is 4.07. The van der Waals surface area contributed by atoms with E-state index in [-0.39, 0.29) is 5.82 Å². The van der Waals surface area contributed by atoms with Gasteiger partial charge in [0.2, 0.25) is 0 Å². The van der Waals surface area contributed by atoms with Gasteiger partial charge in [0.1, 0.15) is 11.6 Å². The number of rotatable bonds is 4. The minimum atomic E-state index is -0.302. The maximum Gasteiger partial charge on any atom is 0.141 e. The summed E-state index contributed by atoms with van der Waals surface area (Å²) in [7, 11) is 0. The zero-order valence-electron chi connectivity index (χ0n) is 7.75. The third-order valence-corrected chi connectivity index (χ3v) is 2.67. The molecule has 0 aliphatic carbocycles. The van der Waals surface area contributed by atoms with Crippen molar-refractivity contribution < 1.29 is 4.39 Å². The van der Waals surface area contributed by atoms with Crippen LogP contribution < -0.4 is 5.32 Å². The van der Waals surface area contributed by atoms with E-state index in [1.165, 1.54) is 12.3 Å². The molecule has 1 rings (SSSR count). The van der Waals surface area contributed by atoms with E-state index in [0.29, 0.717) is 5.25 Å². The predicted octanol–water partition coefficient (Wildman–Crippen LogP) is 2.38. The van der Waals surface area contributed by atoms with Gasteiger partial charge in [0.15, 0.2) is 0 Å². The molecule has 1 aromatic rings. The van der Waals surface area contributed by atoms with Crippen LogP contribution in [0.5, 0.6) is 0 Å². The number of nitrogens with zero attached hydrogens (tertiary/aromatic N) is 1. The van der Waals surface area contributed by atoms with Gasteiger partial charge in [-0.15, -0.1) is 0 Å². The van der Waals surface area contributed by atoms with Gasteiger partial charge >= 0.3 is 0 Å². The van der Waals surface area contributed by atoms with Gasteiger partial charge in [0.05, 0.1) is 6.20 Å². The van der Waals surface area contributed by atoms with Crippen LogP contribution in [0.2, 0.25) is 0 Å². The summed E-state index contributed by atoms with van der Waals surface area (Å²) in [5.41, 5.74) is 0. The van der Waals surface area contributed by atoms with Crippen LogP contribution in [0.4, 0.5) is 10.2 Å². The molecule has 4 heteroatoms. The molecule has 0 bridgehead atoms. The van der Waals surface area contributed by atoms with Crippen LogP contribution in [0, 0.1) is 5.82 Å². The Morgan fingerprint density at radius 2 is 2.38 bits per heavy atom. The Morgan fingerprint density at radius 1 is 1.62 bits per heavy atom. The first-order valence-electron chi connectivity index (χ1n) is 4.10. The van der Waals surface area contributed by atoms with E-state index in [9.17, 15) is 4.39 Å². The van der Waals surface area contributed by atoms with Crippen LogP contribution in [0.1, 0.15) is 6.92 Å². The molecule has 72 valence electrons. The van der Waals surface area contributed by atoms with Gasteiger partial charge in [-0.3, -0.25) is 0 Å². The summed E-state index contributed by atoms with van der Waals surface area (Å²) in [6.07, 6.45) is 3.27. The number of nitrogens with one attached hydrogen (secondary N) is 1. The maximum atomic E-state index is 12.5. The quantitative estimate of drug-likeness (QED) is 0.807. The molecule has 0 saturated heterocycles. The van der Waals surface area contributed by atoms with Gasteiger partial charge in [-0.05, 0) is 18.4 Å². The van der Waals surface area contributed by atoms with Gasteiger partial charge < -0.3 is 5.32 Å². The normalized spacial score (nSPS) is 12.5. The van der Waals surface area contributed by atoms with E-state index in [1.807, 2.05) is 0 Å². The molecule has 1 atom stereocenters. The van der Waals surface area contributed by atoms with E-state index in [2.05, 4.69) is 23.5 Å². The first-order valence-corrected chi connectivity index (χ1v) is 5.39. The molecule has 0 aliphatic rings. The van der Waals surface area contributed by atoms with Crippen molar-refractivity contribution in [3.63, 3.8) is 0 Å². The molecule has 0 amide bonds. The van der Waals surface area contributed by atoms with Crippen LogP contribution in [0.25, 0.3) is 0 Å². The lowest BCUT2D eigenvalue weighted by atomic mass is 10.4. The molecule has 2 nitrogen and oxygen atoms in total. The zero-order valence-corrected chi connectivity index (χ0v) is 8.57. The zero-order chi connectivity index (χ0) is 9.68. The van der Waals surface area contributed by atoms with Crippen LogP contribution in [0.3, 0.4) is 0 Å². The summed E-state index contributed by atoms with van der Waals surface area (Å²) in [6, 6.07) is 3.04. The molecule has 13 heavy (non-hydrogen) atoms. The number of anilines is 1. The Morgan fingerprint density at radius 3 is 2.92 bits per heavy atom. The highest BCUT2D eigenvalue weighted by atomic mass is 32.2. The molecule has 0 aromatic carbocycles. The van der Waals surface area contributed by atoms with E-state index >= 15 is 0 Å². The average Bonchev–Trinajstić information content (AvgIpc) is 2.16. The van der Waals surface area contributed by atoms with Gasteiger partial charge in [0.25, 0.3) is 0 Å². The Kier molecular flexibility index (Phi) is 4.02. The fraction of sp³-hybridized carbons (Fsp3) is 0.444. The highest BCUT2D eigenvalue weighted by Crippen LogP contribution is 2.07.